The Kier molecular flexibility index (Phi) is 3.42. The molecule has 3 heteroatoms. The molecule has 0 saturated carbocycles. The maximum absolute atomic E-state index is 12.5. The van der Waals surface area contributed by atoms with Gasteiger partial charge >= 0.3 is 0 Å². The molecule has 0 atom stereocenters. The molecule has 1 amide bonds. The van der Waals surface area contributed by atoms with Crippen molar-refractivity contribution in [2.24, 2.45) is 0 Å². The van der Waals surface area contributed by atoms with Crippen LogP contribution in [0.2, 0.25) is 0 Å². The Morgan fingerprint density at radius 1 is 1.20 bits per heavy atom. The zero-order valence-corrected chi connectivity index (χ0v) is 11.6. The normalized spacial score (nSPS) is 13.2. The molecule has 3 nitrogen and oxygen atoms in total. The van der Waals surface area contributed by atoms with Crippen LogP contribution in [0.1, 0.15) is 27.9 Å². The Morgan fingerprint density at radius 2 is 2.05 bits per heavy atom. The molecular formula is C17H18N2O. The number of carbonyl (C=O) groups excluding carboxylic acids is 1. The maximum atomic E-state index is 12.5. The first-order chi connectivity index (χ1) is 9.74. The van der Waals surface area contributed by atoms with E-state index >= 15 is 0 Å². The minimum absolute atomic E-state index is 0.0313. The molecule has 0 aliphatic carbocycles. The molecule has 0 spiro atoms. The van der Waals surface area contributed by atoms with Gasteiger partial charge in [0.15, 0.2) is 0 Å². The molecule has 0 fully saturated rings. The van der Waals surface area contributed by atoms with Crippen molar-refractivity contribution in [1.29, 1.82) is 0 Å². The van der Waals surface area contributed by atoms with Crippen LogP contribution in [-0.2, 0) is 6.42 Å². The highest BCUT2D eigenvalue weighted by Crippen LogP contribution is 2.26. The summed E-state index contributed by atoms with van der Waals surface area (Å²) in [4.78, 5) is 12.5. The zero-order chi connectivity index (χ0) is 13.9. The van der Waals surface area contributed by atoms with E-state index in [-0.39, 0.29) is 5.91 Å². The van der Waals surface area contributed by atoms with Crippen molar-refractivity contribution in [3.8, 4) is 0 Å². The van der Waals surface area contributed by atoms with Gasteiger partial charge in [0.05, 0.1) is 0 Å². The van der Waals surface area contributed by atoms with Crippen LogP contribution in [0.4, 0.5) is 11.4 Å². The average Bonchev–Trinajstić information content (AvgIpc) is 2.46. The molecule has 1 aliphatic rings. The summed E-state index contributed by atoms with van der Waals surface area (Å²) in [7, 11) is 0. The summed E-state index contributed by atoms with van der Waals surface area (Å²) < 4.78 is 0. The van der Waals surface area contributed by atoms with Crippen LogP contribution < -0.4 is 10.6 Å². The molecule has 0 radical (unpaired) electrons. The predicted octanol–water partition coefficient (Wildman–Crippen LogP) is 3.61. The number of aryl methyl sites for hydroxylation is 1. The van der Waals surface area contributed by atoms with Crippen molar-refractivity contribution in [2.45, 2.75) is 19.8 Å². The standard InChI is InChI=1S/C17H18N2O/c1-12-5-2-6-13(11-12)19-17(20)15-7-3-9-16-14(15)8-4-10-18-16/h2-3,5-7,9,11,18H,4,8,10H2,1H3,(H,19,20). The lowest BCUT2D eigenvalue weighted by atomic mass is 9.97. The number of amides is 1. The van der Waals surface area contributed by atoms with Crippen LogP contribution in [0.25, 0.3) is 0 Å². The van der Waals surface area contributed by atoms with E-state index in [2.05, 4.69) is 10.6 Å². The van der Waals surface area contributed by atoms with Crippen LogP contribution in [0.15, 0.2) is 42.5 Å². The van der Waals surface area contributed by atoms with Crippen molar-refractivity contribution >= 4 is 17.3 Å². The SMILES string of the molecule is Cc1cccc(NC(=O)c2cccc3c2CCCN3)c1. The highest BCUT2D eigenvalue weighted by molar-refractivity contribution is 6.06. The van der Waals surface area contributed by atoms with Gasteiger partial charge in [0, 0.05) is 23.5 Å². The summed E-state index contributed by atoms with van der Waals surface area (Å²) in [6.45, 7) is 3.00. The molecule has 0 saturated heterocycles. The Hall–Kier alpha value is -2.29. The minimum atomic E-state index is -0.0313. The monoisotopic (exact) mass is 266 g/mol. The van der Waals surface area contributed by atoms with E-state index in [0.29, 0.717) is 0 Å². The lowest BCUT2D eigenvalue weighted by Gasteiger charge is -2.20. The van der Waals surface area contributed by atoms with Crippen LogP contribution in [0.5, 0.6) is 0 Å². The molecule has 1 heterocycles. The average molecular weight is 266 g/mol. The summed E-state index contributed by atoms with van der Waals surface area (Å²) in [6.07, 6.45) is 2.03. The second-order valence-corrected chi connectivity index (χ2v) is 5.19. The molecule has 1 aliphatic heterocycles. The van der Waals surface area contributed by atoms with Gasteiger partial charge in [-0.25, -0.2) is 0 Å². The molecule has 102 valence electrons. The predicted molar refractivity (Wildman–Crippen MR) is 82.4 cm³/mol. The van der Waals surface area contributed by atoms with Crippen molar-refractivity contribution in [2.75, 3.05) is 17.2 Å². The second kappa shape index (κ2) is 5.37. The van der Waals surface area contributed by atoms with E-state index in [4.69, 9.17) is 0 Å². The van der Waals surface area contributed by atoms with Crippen LogP contribution in [0.3, 0.4) is 0 Å². The zero-order valence-electron chi connectivity index (χ0n) is 11.6. The third kappa shape index (κ3) is 2.52. The van der Waals surface area contributed by atoms with Crippen LogP contribution in [-0.4, -0.2) is 12.5 Å². The highest BCUT2D eigenvalue weighted by atomic mass is 16.1. The Bertz CT molecular complexity index is 649. The lowest BCUT2D eigenvalue weighted by Crippen LogP contribution is -2.19. The van der Waals surface area contributed by atoms with E-state index in [9.17, 15) is 4.79 Å². The first kappa shape index (κ1) is 12.7. The number of benzene rings is 2. The first-order valence-electron chi connectivity index (χ1n) is 6.98. The van der Waals surface area contributed by atoms with Gasteiger partial charge in [-0.15, -0.1) is 0 Å². The summed E-state index contributed by atoms with van der Waals surface area (Å²) in [6, 6.07) is 13.7. The van der Waals surface area contributed by atoms with Gasteiger partial charge in [0.1, 0.15) is 0 Å². The number of hydrogen-bond donors (Lipinski definition) is 2. The molecule has 0 aromatic heterocycles. The fourth-order valence-electron chi connectivity index (χ4n) is 2.64. The van der Waals surface area contributed by atoms with E-state index in [0.717, 1.165) is 47.5 Å². The quantitative estimate of drug-likeness (QED) is 0.872. The van der Waals surface area contributed by atoms with E-state index in [1.807, 2.05) is 49.4 Å². The number of anilines is 2. The van der Waals surface area contributed by atoms with E-state index < -0.39 is 0 Å². The number of rotatable bonds is 2. The smallest absolute Gasteiger partial charge is 0.256 e. The lowest BCUT2D eigenvalue weighted by molar-refractivity contribution is 0.102. The number of nitrogens with one attached hydrogen (secondary N) is 2. The fourth-order valence-corrected chi connectivity index (χ4v) is 2.64. The van der Waals surface area contributed by atoms with Gasteiger partial charge in [-0.2, -0.15) is 0 Å². The van der Waals surface area contributed by atoms with E-state index in [1.165, 1.54) is 0 Å². The van der Waals surface area contributed by atoms with Crippen molar-refractivity contribution in [3.05, 3.63) is 59.2 Å². The molecule has 20 heavy (non-hydrogen) atoms. The van der Waals surface area contributed by atoms with Gasteiger partial charge in [-0.05, 0) is 55.2 Å². The van der Waals surface area contributed by atoms with Gasteiger partial charge in [-0.1, -0.05) is 18.2 Å². The van der Waals surface area contributed by atoms with Gasteiger partial charge < -0.3 is 10.6 Å². The van der Waals surface area contributed by atoms with Crippen LogP contribution >= 0.6 is 0 Å². The molecular weight excluding hydrogens is 248 g/mol. The topological polar surface area (TPSA) is 41.1 Å². The Balaban J connectivity index is 1.88. The first-order valence-corrected chi connectivity index (χ1v) is 6.98. The summed E-state index contributed by atoms with van der Waals surface area (Å²) in [5, 5.41) is 6.33. The fraction of sp³-hybridized carbons (Fsp3) is 0.235. The molecule has 2 N–H and O–H groups in total. The number of fused-ring (bicyclic) bond motifs is 1. The van der Waals surface area contributed by atoms with Crippen molar-refractivity contribution in [3.63, 3.8) is 0 Å². The van der Waals surface area contributed by atoms with Crippen molar-refractivity contribution in [1.82, 2.24) is 0 Å². The molecule has 3 rings (SSSR count). The van der Waals surface area contributed by atoms with Crippen molar-refractivity contribution < 1.29 is 4.79 Å². The molecule has 0 unspecified atom stereocenters. The van der Waals surface area contributed by atoms with Gasteiger partial charge in [0.25, 0.3) is 5.91 Å². The Labute approximate surface area is 119 Å². The second-order valence-electron chi connectivity index (χ2n) is 5.19. The minimum Gasteiger partial charge on any atom is -0.385 e. The van der Waals surface area contributed by atoms with E-state index in [1.54, 1.807) is 0 Å². The van der Waals surface area contributed by atoms with Crippen LogP contribution in [0, 0.1) is 6.92 Å². The van der Waals surface area contributed by atoms with Gasteiger partial charge in [-0.3, -0.25) is 4.79 Å². The molecule has 0 bridgehead atoms. The number of hydrogen-bond acceptors (Lipinski definition) is 2. The highest BCUT2D eigenvalue weighted by Gasteiger charge is 2.17. The maximum Gasteiger partial charge on any atom is 0.256 e. The number of carbonyl (C=O) groups is 1. The summed E-state index contributed by atoms with van der Waals surface area (Å²) in [5.74, 6) is -0.0313. The third-order valence-electron chi connectivity index (χ3n) is 3.62. The third-order valence-corrected chi connectivity index (χ3v) is 3.62. The Morgan fingerprint density at radius 3 is 2.90 bits per heavy atom. The summed E-state index contributed by atoms with van der Waals surface area (Å²) >= 11 is 0. The largest absolute Gasteiger partial charge is 0.385 e. The molecule has 2 aromatic rings. The summed E-state index contributed by atoms with van der Waals surface area (Å²) in [5.41, 5.74) is 4.98. The van der Waals surface area contributed by atoms with Gasteiger partial charge in [0.2, 0.25) is 0 Å². The molecule has 2 aromatic carbocycles.